The predicted octanol–water partition coefficient (Wildman–Crippen LogP) is 0.748. The molecule has 2 rings (SSSR count). The lowest BCUT2D eigenvalue weighted by Gasteiger charge is -2.23. The standard InChI is InChI=1S/C11H15N3O3/c1-11(17,7-2-3-7)6-14-9-5-12-8(4-13-9)10(15)16/h4-5,7,17H,2-3,6H2,1H3,(H,13,14)(H,15,16). The molecule has 1 aliphatic rings. The topological polar surface area (TPSA) is 95.3 Å². The van der Waals surface area contributed by atoms with Crippen LogP contribution in [0.15, 0.2) is 12.4 Å². The fraction of sp³-hybridized carbons (Fsp3) is 0.545. The molecular formula is C11H15N3O3. The Morgan fingerprint density at radius 2 is 2.24 bits per heavy atom. The number of carboxylic acid groups (broad SMARTS) is 1. The molecule has 6 nitrogen and oxygen atoms in total. The van der Waals surface area contributed by atoms with Gasteiger partial charge in [0, 0.05) is 6.54 Å². The Morgan fingerprint density at radius 1 is 1.53 bits per heavy atom. The summed E-state index contributed by atoms with van der Waals surface area (Å²) in [7, 11) is 0. The van der Waals surface area contributed by atoms with Gasteiger partial charge in [-0.05, 0) is 25.7 Å². The number of rotatable bonds is 5. The van der Waals surface area contributed by atoms with Crippen LogP contribution in [0.2, 0.25) is 0 Å². The molecule has 0 spiro atoms. The number of carbonyl (C=O) groups is 1. The van der Waals surface area contributed by atoms with Gasteiger partial charge in [0.05, 0.1) is 18.0 Å². The minimum absolute atomic E-state index is 0.0931. The van der Waals surface area contributed by atoms with E-state index in [1.54, 1.807) is 6.92 Å². The van der Waals surface area contributed by atoms with E-state index in [0.29, 0.717) is 18.3 Å². The van der Waals surface area contributed by atoms with Crippen LogP contribution in [0, 0.1) is 5.92 Å². The Morgan fingerprint density at radius 3 is 2.71 bits per heavy atom. The van der Waals surface area contributed by atoms with Crippen molar-refractivity contribution >= 4 is 11.8 Å². The van der Waals surface area contributed by atoms with Gasteiger partial charge in [-0.1, -0.05) is 0 Å². The first-order chi connectivity index (χ1) is 7.99. The Labute approximate surface area is 98.7 Å². The van der Waals surface area contributed by atoms with Crippen molar-refractivity contribution in [3.63, 3.8) is 0 Å². The third-order valence-corrected chi connectivity index (χ3v) is 2.96. The van der Waals surface area contributed by atoms with Gasteiger partial charge < -0.3 is 15.5 Å². The average molecular weight is 237 g/mol. The summed E-state index contributed by atoms with van der Waals surface area (Å²) in [6.07, 6.45) is 4.65. The highest BCUT2D eigenvalue weighted by Gasteiger charge is 2.39. The third kappa shape index (κ3) is 2.91. The molecular weight excluding hydrogens is 222 g/mol. The van der Waals surface area contributed by atoms with Crippen molar-refractivity contribution in [2.75, 3.05) is 11.9 Å². The highest BCUT2D eigenvalue weighted by Crippen LogP contribution is 2.39. The lowest BCUT2D eigenvalue weighted by Crippen LogP contribution is -2.35. The Bertz CT molecular complexity index is 412. The van der Waals surface area contributed by atoms with Gasteiger partial charge in [0.15, 0.2) is 5.69 Å². The summed E-state index contributed by atoms with van der Waals surface area (Å²) in [4.78, 5) is 18.2. The molecule has 1 heterocycles. The number of nitrogens with one attached hydrogen (secondary N) is 1. The van der Waals surface area contributed by atoms with Gasteiger partial charge in [-0.25, -0.2) is 14.8 Å². The van der Waals surface area contributed by atoms with Gasteiger partial charge in [-0.3, -0.25) is 0 Å². The summed E-state index contributed by atoms with van der Waals surface area (Å²) in [5.74, 6) is -0.286. The number of carboxylic acids is 1. The SMILES string of the molecule is CC(O)(CNc1cnc(C(=O)O)cn1)C1CC1. The van der Waals surface area contributed by atoms with Crippen molar-refractivity contribution in [3.8, 4) is 0 Å². The van der Waals surface area contributed by atoms with Crippen LogP contribution in [0.1, 0.15) is 30.3 Å². The van der Waals surface area contributed by atoms with Crippen LogP contribution in [-0.4, -0.2) is 38.3 Å². The zero-order valence-corrected chi connectivity index (χ0v) is 9.55. The van der Waals surface area contributed by atoms with Gasteiger partial charge in [0.1, 0.15) is 5.82 Å². The molecule has 1 aromatic rings. The maximum absolute atomic E-state index is 10.6. The van der Waals surface area contributed by atoms with E-state index in [1.165, 1.54) is 12.4 Å². The smallest absolute Gasteiger partial charge is 0.356 e. The van der Waals surface area contributed by atoms with E-state index >= 15 is 0 Å². The molecule has 0 saturated heterocycles. The lowest BCUT2D eigenvalue weighted by atomic mass is 10.0. The summed E-state index contributed by atoms with van der Waals surface area (Å²) in [6, 6.07) is 0. The molecule has 0 radical (unpaired) electrons. The molecule has 17 heavy (non-hydrogen) atoms. The first-order valence-electron chi connectivity index (χ1n) is 5.50. The first kappa shape index (κ1) is 11.8. The van der Waals surface area contributed by atoms with Crippen LogP contribution in [-0.2, 0) is 0 Å². The maximum Gasteiger partial charge on any atom is 0.356 e. The van der Waals surface area contributed by atoms with Gasteiger partial charge >= 0.3 is 5.97 Å². The van der Waals surface area contributed by atoms with Crippen molar-refractivity contribution in [2.24, 2.45) is 5.92 Å². The molecule has 0 bridgehead atoms. The molecule has 1 aromatic heterocycles. The Hall–Kier alpha value is -1.69. The number of hydrogen-bond acceptors (Lipinski definition) is 5. The zero-order valence-electron chi connectivity index (χ0n) is 9.55. The number of nitrogens with zero attached hydrogens (tertiary/aromatic N) is 2. The van der Waals surface area contributed by atoms with Gasteiger partial charge in [0.25, 0.3) is 0 Å². The normalized spacial score (nSPS) is 18.5. The largest absolute Gasteiger partial charge is 0.476 e. The van der Waals surface area contributed by atoms with E-state index < -0.39 is 11.6 Å². The van der Waals surface area contributed by atoms with E-state index in [9.17, 15) is 9.90 Å². The van der Waals surface area contributed by atoms with E-state index in [0.717, 1.165) is 12.8 Å². The second-order valence-corrected chi connectivity index (χ2v) is 4.58. The van der Waals surface area contributed by atoms with Crippen LogP contribution < -0.4 is 5.32 Å². The van der Waals surface area contributed by atoms with E-state index in [1.807, 2.05) is 0 Å². The molecule has 92 valence electrons. The van der Waals surface area contributed by atoms with Gasteiger partial charge in [-0.15, -0.1) is 0 Å². The van der Waals surface area contributed by atoms with E-state index in [2.05, 4.69) is 15.3 Å². The van der Waals surface area contributed by atoms with Gasteiger partial charge in [0.2, 0.25) is 0 Å². The van der Waals surface area contributed by atoms with Crippen LogP contribution in [0.3, 0.4) is 0 Å². The summed E-state index contributed by atoms with van der Waals surface area (Å²) in [6.45, 7) is 2.18. The van der Waals surface area contributed by atoms with Crippen LogP contribution in [0.25, 0.3) is 0 Å². The zero-order chi connectivity index (χ0) is 12.5. The van der Waals surface area contributed by atoms with Crippen molar-refractivity contribution in [1.29, 1.82) is 0 Å². The quantitative estimate of drug-likeness (QED) is 0.699. The highest BCUT2D eigenvalue weighted by atomic mass is 16.4. The average Bonchev–Trinajstić information content (AvgIpc) is 3.11. The summed E-state index contributed by atoms with van der Waals surface area (Å²) in [5, 5.41) is 21.7. The lowest BCUT2D eigenvalue weighted by molar-refractivity contribution is 0.0502. The molecule has 0 aliphatic heterocycles. The second-order valence-electron chi connectivity index (χ2n) is 4.58. The minimum Gasteiger partial charge on any atom is -0.476 e. The molecule has 1 fully saturated rings. The molecule has 6 heteroatoms. The third-order valence-electron chi connectivity index (χ3n) is 2.96. The van der Waals surface area contributed by atoms with Gasteiger partial charge in [-0.2, -0.15) is 0 Å². The summed E-state index contributed by atoms with van der Waals surface area (Å²) in [5.41, 5.74) is -0.836. The number of aromatic carboxylic acids is 1. The number of aliphatic hydroxyl groups is 1. The van der Waals surface area contributed by atoms with Crippen molar-refractivity contribution in [2.45, 2.75) is 25.4 Å². The van der Waals surface area contributed by atoms with Crippen LogP contribution in [0.5, 0.6) is 0 Å². The minimum atomic E-state index is -1.10. The molecule has 1 unspecified atom stereocenters. The second kappa shape index (κ2) is 4.29. The van der Waals surface area contributed by atoms with Crippen molar-refractivity contribution in [1.82, 2.24) is 9.97 Å². The first-order valence-corrected chi connectivity index (χ1v) is 5.50. The predicted molar refractivity (Wildman–Crippen MR) is 60.8 cm³/mol. The molecule has 0 amide bonds. The number of anilines is 1. The number of aromatic nitrogens is 2. The molecule has 1 aliphatic carbocycles. The highest BCUT2D eigenvalue weighted by molar-refractivity contribution is 5.84. The van der Waals surface area contributed by atoms with E-state index in [-0.39, 0.29) is 5.69 Å². The summed E-state index contributed by atoms with van der Waals surface area (Å²) >= 11 is 0. The van der Waals surface area contributed by atoms with Crippen molar-refractivity contribution in [3.05, 3.63) is 18.1 Å². The van der Waals surface area contributed by atoms with Crippen molar-refractivity contribution < 1.29 is 15.0 Å². The summed E-state index contributed by atoms with van der Waals surface area (Å²) < 4.78 is 0. The van der Waals surface area contributed by atoms with E-state index in [4.69, 9.17) is 5.11 Å². The fourth-order valence-corrected chi connectivity index (χ4v) is 1.65. The number of hydrogen-bond donors (Lipinski definition) is 3. The maximum atomic E-state index is 10.6. The fourth-order valence-electron chi connectivity index (χ4n) is 1.65. The molecule has 0 aromatic carbocycles. The Kier molecular flexibility index (Phi) is 2.97. The molecule has 1 saturated carbocycles. The molecule has 3 N–H and O–H groups in total. The van der Waals surface area contributed by atoms with Crippen LogP contribution >= 0.6 is 0 Å². The Balaban J connectivity index is 1.92. The molecule has 1 atom stereocenters. The monoisotopic (exact) mass is 237 g/mol. The van der Waals surface area contributed by atoms with Crippen LogP contribution in [0.4, 0.5) is 5.82 Å².